The molecule has 156 valence electrons. The van der Waals surface area contributed by atoms with Gasteiger partial charge in [0.05, 0.1) is 13.2 Å². The van der Waals surface area contributed by atoms with E-state index in [1.165, 1.54) is 0 Å². The van der Waals surface area contributed by atoms with E-state index in [2.05, 4.69) is 0 Å². The zero-order chi connectivity index (χ0) is 21.0. The Morgan fingerprint density at radius 2 is 1.90 bits per heavy atom. The molecule has 1 aromatic heterocycles. The fourth-order valence-corrected chi connectivity index (χ4v) is 4.08. The van der Waals surface area contributed by atoms with Crippen LogP contribution in [0.4, 0.5) is 0 Å². The Hall–Kier alpha value is -3.12. The Labute approximate surface area is 174 Å². The van der Waals surface area contributed by atoms with E-state index >= 15 is 0 Å². The largest absolute Gasteiger partial charge is 0.494 e. The molecule has 0 saturated carbocycles. The second-order valence-electron chi connectivity index (χ2n) is 7.89. The molecule has 2 aromatic carbocycles. The normalized spacial score (nSPS) is 19.0. The molecule has 0 bridgehead atoms. The van der Waals surface area contributed by atoms with Gasteiger partial charge in [0.1, 0.15) is 16.9 Å². The quantitative estimate of drug-likeness (QED) is 0.633. The van der Waals surface area contributed by atoms with Crippen molar-refractivity contribution < 1.29 is 19.1 Å². The van der Waals surface area contributed by atoms with Crippen LogP contribution in [-0.4, -0.2) is 42.2 Å². The van der Waals surface area contributed by atoms with Crippen molar-refractivity contribution in [2.75, 3.05) is 26.3 Å². The van der Waals surface area contributed by atoms with Gasteiger partial charge in [-0.25, -0.2) is 4.79 Å². The van der Waals surface area contributed by atoms with E-state index in [0.29, 0.717) is 37.1 Å². The van der Waals surface area contributed by atoms with E-state index in [1.807, 2.05) is 42.5 Å². The first-order valence-corrected chi connectivity index (χ1v) is 10.2. The highest BCUT2D eigenvalue weighted by Gasteiger charge is 2.37. The molecular formula is C24H25NO5. The second-order valence-corrected chi connectivity index (χ2v) is 7.89. The molecule has 1 atom stereocenters. The van der Waals surface area contributed by atoms with Gasteiger partial charge in [0.25, 0.3) is 5.91 Å². The molecule has 6 heteroatoms. The van der Waals surface area contributed by atoms with E-state index in [4.69, 9.17) is 9.15 Å². The average Bonchev–Trinajstić information content (AvgIpc) is 2.79. The molecule has 0 aliphatic carbocycles. The topological polar surface area (TPSA) is 80.0 Å². The molecule has 1 fully saturated rings. The number of likely N-dealkylation sites (tertiary alicyclic amines) is 1. The predicted molar refractivity (Wildman–Crippen MR) is 114 cm³/mol. The van der Waals surface area contributed by atoms with Gasteiger partial charge < -0.3 is 19.2 Å². The van der Waals surface area contributed by atoms with Gasteiger partial charge in [-0.1, -0.05) is 36.4 Å². The van der Waals surface area contributed by atoms with Gasteiger partial charge in [0.15, 0.2) is 0 Å². The number of rotatable bonds is 6. The molecule has 1 aliphatic rings. The summed E-state index contributed by atoms with van der Waals surface area (Å²) in [5.41, 5.74) is -0.588. The number of fused-ring (bicyclic) bond motifs is 1. The smallest absolute Gasteiger partial charge is 0.349 e. The monoisotopic (exact) mass is 407 g/mol. The Morgan fingerprint density at radius 1 is 1.13 bits per heavy atom. The Morgan fingerprint density at radius 3 is 2.70 bits per heavy atom. The fourth-order valence-electron chi connectivity index (χ4n) is 4.08. The number of amides is 1. The van der Waals surface area contributed by atoms with E-state index in [-0.39, 0.29) is 18.1 Å². The minimum Gasteiger partial charge on any atom is -0.494 e. The van der Waals surface area contributed by atoms with Crippen molar-refractivity contribution in [3.63, 3.8) is 0 Å². The average molecular weight is 407 g/mol. The summed E-state index contributed by atoms with van der Waals surface area (Å²) in [5.74, 6) is 0.430. The first-order chi connectivity index (χ1) is 14.6. The summed E-state index contributed by atoms with van der Waals surface area (Å²) in [6.45, 7) is 1.34. The maximum Gasteiger partial charge on any atom is 0.349 e. The minimum absolute atomic E-state index is 0.0305. The number of benzene rings is 2. The lowest BCUT2D eigenvalue weighted by Crippen LogP contribution is -2.49. The van der Waals surface area contributed by atoms with Gasteiger partial charge in [-0.15, -0.1) is 0 Å². The molecule has 30 heavy (non-hydrogen) atoms. The highest BCUT2D eigenvalue weighted by atomic mass is 16.5. The number of hydrogen-bond acceptors (Lipinski definition) is 5. The molecule has 0 spiro atoms. The van der Waals surface area contributed by atoms with Crippen LogP contribution in [-0.2, 0) is 0 Å². The Balaban J connectivity index is 1.48. The van der Waals surface area contributed by atoms with Crippen LogP contribution >= 0.6 is 0 Å². The number of ether oxygens (including phenoxy) is 1. The lowest BCUT2D eigenvalue weighted by Gasteiger charge is -2.41. The maximum absolute atomic E-state index is 13.1. The lowest BCUT2D eigenvalue weighted by atomic mass is 9.78. The molecule has 4 rings (SSSR count). The number of para-hydroxylation sites is 2. The summed E-state index contributed by atoms with van der Waals surface area (Å²) in [6, 6.07) is 18.3. The standard InChI is InChI=1S/C24H25NO5/c26-17-24(12-14-29-19-8-2-1-3-9-19)11-6-13-25(16-24)22(27)20-15-18-7-4-5-10-21(18)30-23(20)28/h1-5,7-10,15,26H,6,11-14,16-17H2. The summed E-state index contributed by atoms with van der Waals surface area (Å²) in [6.07, 6.45) is 2.18. The summed E-state index contributed by atoms with van der Waals surface area (Å²) in [7, 11) is 0. The van der Waals surface area contributed by atoms with Crippen molar-refractivity contribution in [3.8, 4) is 5.75 Å². The summed E-state index contributed by atoms with van der Waals surface area (Å²) < 4.78 is 11.1. The molecule has 1 N–H and O–H groups in total. The van der Waals surface area contributed by atoms with Gasteiger partial charge in [-0.2, -0.15) is 0 Å². The number of nitrogens with zero attached hydrogens (tertiary/aromatic N) is 1. The third-order valence-corrected chi connectivity index (χ3v) is 5.80. The van der Waals surface area contributed by atoms with Crippen molar-refractivity contribution in [1.29, 1.82) is 0 Å². The third kappa shape index (κ3) is 4.24. The maximum atomic E-state index is 13.1. The van der Waals surface area contributed by atoms with Crippen molar-refractivity contribution >= 4 is 16.9 Å². The van der Waals surface area contributed by atoms with E-state index in [0.717, 1.165) is 18.6 Å². The summed E-state index contributed by atoms with van der Waals surface area (Å²) >= 11 is 0. The summed E-state index contributed by atoms with van der Waals surface area (Å²) in [5, 5.41) is 10.8. The fraction of sp³-hybridized carbons (Fsp3) is 0.333. The van der Waals surface area contributed by atoms with Gasteiger partial charge in [0, 0.05) is 23.9 Å². The van der Waals surface area contributed by atoms with E-state index in [9.17, 15) is 14.7 Å². The van der Waals surface area contributed by atoms with Crippen LogP contribution in [0.15, 0.2) is 69.9 Å². The minimum atomic E-state index is -0.633. The lowest BCUT2D eigenvalue weighted by molar-refractivity contribution is 0.0154. The molecule has 1 saturated heterocycles. The number of piperidine rings is 1. The van der Waals surface area contributed by atoms with E-state index in [1.54, 1.807) is 23.1 Å². The number of aliphatic hydroxyl groups is 1. The van der Waals surface area contributed by atoms with Gasteiger partial charge in [-0.05, 0) is 43.5 Å². The van der Waals surface area contributed by atoms with Crippen LogP contribution in [0, 0.1) is 5.41 Å². The number of aliphatic hydroxyl groups excluding tert-OH is 1. The Kier molecular flexibility index (Phi) is 5.86. The predicted octanol–water partition coefficient (Wildman–Crippen LogP) is 3.48. The first kappa shape index (κ1) is 20.2. The van der Waals surface area contributed by atoms with Crippen LogP contribution in [0.2, 0.25) is 0 Å². The first-order valence-electron chi connectivity index (χ1n) is 10.2. The third-order valence-electron chi connectivity index (χ3n) is 5.80. The molecule has 0 radical (unpaired) electrons. The Bertz CT molecular complexity index is 1080. The van der Waals surface area contributed by atoms with Crippen molar-refractivity contribution in [2.45, 2.75) is 19.3 Å². The molecule has 2 heterocycles. The second kappa shape index (κ2) is 8.71. The molecular weight excluding hydrogens is 382 g/mol. The number of hydrogen-bond donors (Lipinski definition) is 1. The summed E-state index contributed by atoms with van der Waals surface area (Å²) in [4.78, 5) is 27.2. The van der Waals surface area contributed by atoms with Gasteiger partial charge in [0.2, 0.25) is 0 Å². The zero-order valence-corrected chi connectivity index (χ0v) is 16.8. The van der Waals surface area contributed by atoms with Crippen molar-refractivity contribution in [3.05, 3.63) is 76.6 Å². The van der Waals surface area contributed by atoms with Gasteiger partial charge in [-0.3, -0.25) is 4.79 Å². The molecule has 1 unspecified atom stereocenters. The molecule has 1 aliphatic heterocycles. The van der Waals surface area contributed by atoms with Crippen LogP contribution in [0.5, 0.6) is 5.75 Å². The van der Waals surface area contributed by atoms with Crippen LogP contribution in [0.1, 0.15) is 29.6 Å². The van der Waals surface area contributed by atoms with Crippen molar-refractivity contribution in [1.82, 2.24) is 4.90 Å². The molecule has 3 aromatic rings. The van der Waals surface area contributed by atoms with Crippen LogP contribution in [0.3, 0.4) is 0 Å². The SMILES string of the molecule is O=C(c1cc2ccccc2oc1=O)N1CCCC(CO)(CCOc2ccccc2)C1. The van der Waals surface area contributed by atoms with Crippen LogP contribution < -0.4 is 10.4 Å². The van der Waals surface area contributed by atoms with E-state index < -0.39 is 11.0 Å². The number of carbonyl (C=O) groups excluding carboxylic acids is 1. The van der Waals surface area contributed by atoms with Crippen LogP contribution in [0.25, 0.3) is 11.0 Å². The zero-order valence-electron chi connectivity index (χ0n) is 16.8. The highest BCUT2D eigenvalue weighted by Crippen LogP contribution is 2.34. The molecule has 6 nitrogen and oxygen atoms in total. The molecule has 1 amide bonds. The van der Waals surface area contributed by atoms with Gasteiger partial charge >= 0.3 is 5.63 Å². The van der Waals surface area contributed by atoms with Crippen molar-refractivity contribution in [2.24, 2.45) is 5.41 Å². The number of carbonyl (C=O) groups is 1. The highest BCUT2D eigenvalue weighted by molar-refractivity contribution is 5.96.